The summed E-state index contributed by atoms with van der Waals surface area (Å²) in [6, 6.07) is 0. The van der Waals surface area contributed by atoms with Gasteiger partial charge in [-0.2, -0.15) is 0 Å². The Bertz CT molecular complexity index is 150. The Morgan fingerprint density at radius 3 is 2.43 bits per heavy atom. The Hall–Kier alpha value is -0.0800. The van der Waals surface area contributed by atoms with Crippen LogP contribution < -0.4 is 5.73 Å². The van der Waals surface area contributed by atoms with Crippen molar-refractivity contribution in [3.63, 3.8) is 0 Å². The molecule has 1 rings (SSSR count). The Morgan fingerprint density at radius 1 is 1.21 bits per heavy atom. The number of nitrogens with two attached hydrogens (primary N) is 1. The SMILES string of the molecule is CC(C)(CN)CCOC1CCCCC1. The highest BCUT2D eigenvalue weighted by molar-refractivity contribution is 4.70. The molecule has 0 unspecified atom stereocenters. The molecule has 0 amide bonds. The van der Waals surface area contributed by atoms with Gasteiger partial charge < -0.3 is 10.5 Å². The molecule has 0 aromatic rings. The Labute approximate surface area is 88.2 Å². The van der Waals surface area contributed by atoms with Gasteiger partial charge >= 0.3 is 0 Å². The molecule has 0 atom stereocenters. The van der Waals surface area contributed by atoms with Gasteiger partial charge in [0.25, 0.3) is 0 Å². The van der Waals surface area contributed by atoms with E-state index < -0.39 is 0 Å². The second-order valence-electron chi connectivity index (χ2n) is 5.25. The van der Waals surface area contributed by atoms with E-state index in [1.54, 1.807) is 0 Å². The van der Waals surface area contributed by atoms with Gasteiger partial charge in [0.1, 0.15) is 0 Å². The van der Waals surface area contributed by atoms with Crippen LogP contribution in [0, 0.1) is 5.41 Å². The number of hydrogen-bond acceptors (Lipinski definition) is 2. The Kier molecular flexibility index (Phi) is 4.90. The van der Waals surface area contributed by atoms with Crippen molar-refractivity contribution in [3.05, 3.63) is 0 Å². The van der Waals surface area contributed by atoms with E-state index in [0.717, 1.165) is 19.6 Å². The molecule has 2 nitrogen and oxygen atoms in total. The van der Waals surface area contributed by atoms with Crippen molar-refractivity contribution in [1.29, 1.82) is 0 Å². The molecule has 0 radical (unpaired) electrons. The van der Waals surface area contributed by atoms with Crippen LogP contribution in [0.4, 0.5) is 0 Å². The molecule has 0 aliphatic heterocycles. The second kappa shape index (κ2) is 5.72. The molecule has 2 N–H and O–H groups in total. The van der Waals surface area contributed by atoms with Gasteiger partial charge in [0.15, 0.2) is 0 Å². The molecule has 0 aromatic carbocycles. The fraction of sp³-hybridized carbons (Fsp3) is 1.00. The third kappa shape index (κ3) is 4.43. The summed E-state index contributed by atoms with van der Waals surface area (Å²) < 4.78 is 5.87. The molecule has 84 valence electrons. The van der Waals surface area contributed by atoms with Gasteiger partial charge in [-0.25, -0.2) is 0 Å². The van der Waals surface area contributed by atoms with Crippen molar-refractivity contribution < 1.29 is 4.74 Å². The molecule has 1 aliphatic rings. The maximum absolute atomic E-state index is 5.87. The van der Waals surface area contributed by atoms with Crippen LogP contribution in [0.2, 0.25) is 0 Å². The molecule has 0 spiro atoms. The zero-order chi connectivity index (χ0) is 10.4. The zero-order valence-corrected chi connectivity index (χ0v) is 9.72. The van der Waals surface area contributed by atoms with E-state index in [9.17, 15) is 0 Å². The van der Waals surface area contributed by atoms with Crippen molar-refractivity contribution in [2.45, 2.75) is 58.5 Å². The van der Waals surface area contributed by atoms with Gasteiger partial charge in [0.2, 0.25) is 0 Å². The predicted molar refractivity (Wildman–Crippen MR) is 60.3 cm³/mol. The summed E-state index contributed by atoms with van der Waals surface area (Å²) in [6.45, 7) is 6.05. The van der Waals surface area contributed by atoms with E-state index in [2.05, 4.69) is 13.8 Å². The molecule has 1 fully saturated rings. The van der Waals surface area contributed by atoms with Crippen molar-refractivity contribution in [1.82, 2.24) is 0 Å². The standard InChI is InChI=1S/C12H25NO/c1-12(2,10-13)8-9-14-11-6-4-3-5-7-11/h11H,3-10,13H2,1-2H3. The molecule has 0 bridgehead atoms. The van der Waals surface area contributed by atoms with Gasteiger partial charge in [-0.15, -0.1) is 0 Å². The highest BCUT2D eigenvalue weighted by Crippen LogP contribution is 2.23. The van der Waals surface area contributed by atoms with E-state index >= 15 is 0 Å². The molecule has 1 saturated carbocycles. The minimum atomic E-state index is 0.245. The van der Waals surface area contributed by atoms with Crippen LogP contribution in [-0.2, 0) is 4.74 Å². The van der Waals surface area contributed by atoms with Gasteiger partial charge in [0.05, 0.1) is 6.10 Å². The van der Waals surface area contributed by atoms with Crippen molar-refractivity contribution in [3.8, 4) is 0 Å². The summed E-state index contributed by atoms with van der Waals surface area (Å²) in [6.07, 6.45) is 8.26. The summed E-state index contributed by atoms with van der Waals surface area (Å²) in [5, 5.41) is 0. The average molecular weight is 199 g/mol. The van der Waals surface area contributed by atoms with E-state index in [-0.39, 0.29) is 5.41 Å². The number of ether oxygens (including phenoxy) is 1. The first-order valence-corrected chi connectivity index (χ1v) is 5.96. The van der Waals surface area contributed by atoms with Crippen LogP contribution in [0.1, 0.15) is 52.4 Å². The predicted octanol–water partition coefficient (Wildman–Crippen LogP) is 2.71. The van der Waals surface area contributed by atoms with E-state index in [1.807, 2.05) is 0 Å². The van der Waals surface area contributed by atoms with Gasteiger partial charge in [-0.05, 0) is 31.2 Å². The Morgan fingerprint density at radius 2 is 1.86 bits per heavy atom. The first-order valence-electron chi connectivity index (χ1n) is 5.96. The summed E-state index contributed by atoms with van der Waals surface area (Å²) in [7, 11) is 0. The lowest BCUT2D eigenvalue weighted by molar-refractivity contribution is 0.0149. The number of hydrogen-bond donors (Lipinski definition) is 1. The van der Waals surface area contributed by atoms with Crippen molar-refractivity contribution in [2.75, 3.05) is 13.2 Å². The third-order valence-electron chi connectivity index (χ3n) is 3.24. The summed E-state index contributed by atoms with van der Waals surface area (Å²) in [4.78, 5) is 0. The summed E-state index contributed by atoms with van der Waals surface area (Å²) >= 11 is 0. The van der Waals surface area contributed by atoms with Crippen LogP contribution in [0.25, 0.3) is 0 Å². The van der Waals surface area contributed by atoms with E-state index in [1.165, 1.54) is 32.1 Å². The lowest BCUT2D eigenvalue weighted by Crippen LogP contribution is -2.26. The smallest absolute Gasteiger partial charge is 0.0575 e. The van der Waals surface area contributed by atoms with Crippen molar-refractivity contribution >= 4 is 0 Å². The van der Waals surface area contributed by atoms with Gasteiger partial charge in [-0.1, -0.05) is 33.1 Å². The molecule has 0 aromatic heterocycles. The molecule has 0 saturated heterocycles. The van der Waals surface area contributed by atoms with E-state index in [4.69, 9.17) is 10.5 Å². The monoisotopic (exact) mass is 199 g/mol. The highest BCUT2D eigenvalue weighted by Gasteiger charge is 2.18. The van der Waals surface area contributed by atoms with Crippen molar-refractivity contribution in [2.24, 2.45) is 11.1 Å². The minimum Gasteiger partial charge on any atom is -0.378 e. The number of rotatable bonds is 5. The zero-order valence-electron chi connectivity index (χ0n) is 9.72. The lowest BCUT2D eigenvalue weighted by atomic mass is 9.90. The molecule has 2 heteroatoms. The van der Waals surface area contributed by atoms with Gasteiger partial charge in [0, 0.05) is 6.61 Å². The quantitative estimate of drug-likeness (QED) is 0.739. The molecular weight excluding hydrogens is 174 g/mol. The van der Waals surface area contributed by atoms with Crippen LogP contribution in [-0.4, -0.2) is 19.3 Å². The molecule has 14 heavy (non-hydrogen) atoms. The van der Waals surface area contributed by atoms with Crippen LogP contribution >= 0.6 is 0 Å². The maximum atomic E-state index is 5.87. The largest absolute Gasteiger partial charge is 0.378 e. The normalized spacial score (nSPS) is 19.9. The van der Waals surface area contributed by atoms with Gasteiger partial charge in [-0.3, -0.25) is 0 Å². The molecule has 1 aliphatic carbocycles. The van der Waals surface area contributed by atoms with E-state index in [0.29, 0.717) is 6.10 Å². The third-order valence-corrected chi connectivity index (χ3v) is 3.24. The fourth-order valence-electron chi connectivity index (χ4n) is 1.84. The highest BCUT2D eigenvalue weighted by atomic mass is 16.5. The fourth-order valence-corrected chi connectivity index (χ4v) is 1.84. The average Bonchev–Trinajstić information content (AvgIpc) is 2.19. The molecular formula is C12H25NO. The Balaban J connectivity index is 2.08. The first kappa shape index (κ1) is 12.0. The maximum Gasteiger partial charge on any atom is 0.0575 e. The summed E-state index contributed by atoms with van der Waals surface area (Å²) in [5.74, 6) is 0. The first-order chi connectivity index (χ1) is 6.64. The molecule has 0 heterocycles. The van der Waals surface area contributed by atoms with Crippen LogP contribution in [0.3, 0.4) is 0 Å². The topological polar surface area (TPSA) is 35.2 Å². The van der Waals surface area contributed by atoms with Crippen LogP contribution in [0.15, 0.2) is 0 Å². The van der Waals surface area contributed by atoms with Crippen LogP contribution in [0.5, 0.6) is 0 Å². The summed E-state index contributed by atoms with van der Waals surface area (Å²) in [5.41, 5.74) is 5.91. The lowest BCUT2D eigenvalue weighted by Gasteiger charge is -2.26. The minimum absolute atomic E-state index is 0.245. The second-order valence-corrected chi connectivity index (χ2v) is 5.25.